The number of thiocarbonyl (C=S) groups is 1. The van der Waals surface area contributed by atoms with E-state index in [-0.39, 0.29) is 27.2 Å². The second-order valence-corrected chi connectivity index (χ2v) is 12.2. The van der Waals surface area contributed by atoms with E-state index < -0.39 is 15.9 Å². The Hall–Kier alpha value is -2.23. The predicted molar refractivity (Wildman–Crippen MR) is 129 cm³/mol. The SMILES string of the molecule is C[C@@H](NS(=O)(=O)c1ccc(NC(=S)NC(=O)c2ccco2)cc1)C12CC3CC(CC(C3)C1)C2. The molecule has 33 heavy (non-hydrogen) atoms. The van der Waals surface area contributed by atoms with Gasteiger partial charge in [0.15, 0.2) is 10.9 Å². The third kappa shape index (κ3) is 4.58. The van der Waals surface area contributed by atoms with Gasteiger partial charge in [0.05, 0.1) is 11.2 Å². The summed E-state index contributed by atoms with van der Waals surface area (Å²) in [6.07, 6.45) is 8.83. The third-order valence-electron chi connectivity index (χ3n) is 7.73. The first-order valence-corrected chi connectivity index (χ1v) is 13.4. The van der Waals surface area contributed by atoms with Gasteiger partial charge in [-0.25, -0.2) is 13.1 Å². The lowest BCUT2D eigenvalue weighted by Crippen LogP contribution is -2.55. The Morgan fingerprint density at radius 2 is 1.67 bits per heavy atom. The zero-order chi connectivity index (χ0) is 23.2. The molecule has 1 heterocycles. The average Bonchev–Trinajstić information content (AvgIpc) is 3.28. The highest BCUT2D eigenvalue weighted by Gasteiger charge is 2.53. The molecule has 1 aromatic carbocycles. The van der Waals surface area contributed by atoms with Gasteiger partial charge in [-0.2, -0.15) is 0 Å². The number of rotatable bonds is 6. The minimum Gasteiger partial charge on any atom is -0.459 e. The predicted octanol–water partition coefficient (Wildman–Crippen LogP) is 4.29. The summed E-state index contributed by atoms with van der Waals surface area (Å²) in [5.74, 6) is 2.00. The van der Waals surface area contributed by atoms with Gasteiger partial charge < -0.3 is 9.73 Å². The highest BCUT2D eigenvalue weighted by Crippen LogP contribution is 2.61. The van der Waals surface area contributed by atoms with Crippen LogP contribution in [0.15, 0.2) is 52.0 Å². The molecular formula is C24H29N3O4S2. The zero-order valence-corrected chi connectivity index (χ0v) is 20.2. The van der Waals surface area contributed by atoms with Gasteiger partial charge in [0.2, 0.25) is 10.0 Å². The smallest absolute Gasteiger partial charge is 0.293 e. The molecule has 176 valence electrons. The molecule has 3 N–H and O–H groups in total. The summed E-state index contributed by atoms with van der Waals surface area (Å²) in [4.78, 5) is 12.2. The summed E-state index contributed by atoms with van der Waals surface area (Å²) in [5.41, 5.74) is 0.676. The first-order chi connectivity index (χ1) is 15.7. The van der Waals surface area contributed by atoms with Crippen LogP contribution in [0.25, 0.3) is 0 Å². The molecular weight excluding hydrogens is 458 g/mol. The average molecular weight is 488 g/mol. The summed E-state index contributed by atoms with van der Waals surface area (Å²) in [5, 5.41) is 5.51. The molecule has 1 atom stereocenters. The molecule has 0 radical (unpaired) electrons. The van der Waals surface area contributed by atoms with Crippen LogP contribution in [-0.2, 0) is 10.0 Å². The number of carbonyl (C=O) groups is 1. The van der Waals surface area contributed by atoms with Crippen molar-refractivity contribution in [3.05, 3.63) is 48.4 Å². The molecule has 9 heteroatoms. The highest BCUT2D eigenvalue weighted by molar-refractivity contribution is 7.89. The van der Waals surface area contributed by atoms with Crippen LogP contribution in [0.3, 0.4) is 0 Å². The normalized spacial score (nSPS) is 28.9. The Bertz CT molecular complexity index is 1110. The van der Waals surface area contributed by atoms with Gasteiger partial charge in [-0.05, 0) is 117 Å². The summed E-state index contributed by atoms with van der Waals surface area (Å²) >= 11 is 5.16. The summed E-state index contributed by atoms with van der Waals surface area (Å²) in [6.45, 7) is 2.04. The number of nitrogens with one attached hydrogen (secondary N) is 3. The number of amides is 1. The van der Waals surface area contributed by atoms with E-state index in [1.54, 1.807) is 30.3 Å². The van der Waals surface area contributed by atoms with Crippen molar-refractivity contribution in [3.8, 4) is 0 Å². The van der Waals surface area contributed by atoms with Crippen molar-refractivity contribution in [2.45, 2.75) is 56.4 Å². The highest BCUT2D eigenvalue weighted by atomic mass is 32.2. The zero-order valence-electron chi connectivity index (χ0n) is 18.5. The van der Waals surface area contributed by atoms with Crippen LogP contribution in [0.5, 0.6) is 0 Å². The lowest BCUT2D eigenvalue weighted by molar-refractivity contribution is -0.0666. The van der Waals surface area contributed by atoms with E-state index in [4.69, 9.17) is 16.6 Å². The van der Waals surface area contributed by atoms with Gasteiger partial charge in [0.1, 0.15) is 0 Å². The van der Waals surface area contributed by atoms with E-state index >= 15 is 0 Å². The van der Waals surface area contributed by atoms with Crippen molar-refractivity contribution in [2.24, 2.45) is 23.2 Å². The fourth-order valence-corrected chi connectivity index (χ4v) is 8.14. The monoisotopic (exact) mass is 487 g/mol. The molecule has 2 aromatic rings. The van der Waals surface area contributed by atoms with E-state index in [0.717, 1.165) is 37.0 Å². The number of furan rings is 1. The molecule has 0 saturated heterocycles. The Morgan fingerprint density at radius 1 is 1.06 bits per heavy atom. The molecule has 0 spiro atoms. The summed E-state index contributed by atoms with van der Waals surface area (Å²) in [7, 11) is -3.64. The van der Waals surface area contributed by atoms with Crippen molar-refractivity contribution in [1.82, 2.24) is 10.0 Å². The van der Waals surface area contributed by atoms with Crippen molar-refractivity contribution >= 4 is 38.9 Å². The number of benzene rings is 1. The second-order valence-electron chi connectivity index (χ2n) is 10.0. The maximum absolute atomic E-state index is 13.1. The second kappa shape index (κ2) is 8.52. The number of hydrogen-bond acceptors (Lipinski definition) is 5. The van der Waals surface area contributed by atoms with Crippen LogP contribution in [0.1, 0.15) is 56.0 Å². The Kier molecular flexibility index (Phi) is 5.83. The maximum Gasteiger partial charge on any atom is 0.293 e. The molecule has 4 aliphatic rings. The van der Waals surface area contributed by atoms with Crippen molar-refractivity contribution in [1.29, 1.82) is 0 Å². The van der Waals surface area contributed by atoms with Gasteiger partial charge in [-0.15, -0.1) is 0 Å². The topological polar surface area (TPSA) is 100 Å². The molecule has 0 aliphatic heterocycles. The first kappa shape index (κ1) is 22.6. The van der Waals surface area contributed by atoms with Crippen LogP contribution in [0, 0.1) is 23.2 Å². The Balaban J connectivity index is 1.21. The van der Waals surface area contributed by atoms with E-state index in [1.807, 2.05) is 6.92 Å². The quantitative estimate of drug-likeness (QED) is 0.526. The number of sulfonamides is 1. The molecule has 4 saturated carbocycles. The number of hydrogen-bond donors (Lipinski definition) is 3. The molecule has 0 unspecified atom stereocenters. The van der Waals surface area contributed by atoms with Gasteiger partial charge in [-0.3, -0.25) is 10.1 Å². The first-order valence-electron chi connectivity index (χ1n) is 11.5. The van der Waals surface area contributed by atoms with Crippen LogP contribution in [-0.4, -0.2) is 25.5 Å². The van der Waals surface area contributed by atoms with Crippen LogP contribution >= 0.6 is 12.2 Å². The Morgan fingerprint density at radius 3 is 2.21 bits per heavy atom. The third-order valence-corrected chi connectivity index (χ3v) is 9.49. The maximum atomic E-state index is 13.1. The molecule has 1 aromatic heterocycles. The van der Waals surface area contributed by atoms with E-state index in [1.165, 1.54) is 31.6 Å². The van der Waals surface area contributed by atoms with Gasteiger partial charge in [0.25, 0.3) is 5.91 Å². The summed E-state index contributed by atoms with van der Waals surface area (Å²) in [6, 6.07) is 9.43. The molecule has 7 nitrogen and oxygen atoms in total. The molecule has 6 rings (SSSR count). The van der Waals surface area contributed by atoms with Crippen molar-refractivity contribution < 1.29 is 17.6 Å². The standard InChI is InChI=1S/C24H29N3O4S2/c1-15(24-12-16-9-17(13-24)11-18(10-16)14-24)27-33(29,30)20-6-4-19(5-7-20)25-23(32)26-22(28)21-3-2-8-31-21/h2-8,15-18,27H,9-14H2,1H3,(H2,25,26,28,32)/t15-,16?,17?,18?,24?/m1/s1. The fourth-order valence-electron chi connectivity index (χ4n) is 6.59. The fraction of sp³-hybridized carbons (Fsp3) is 0.500. The van der Waals surface area contributed by atoms with E-state index in [2.05, 4.69) is 15.4 Å². The molecule has 4 fully saturated rings. The molecule has 1 amide bonds. The van der Waals surface area contributed by atoms with Crippen molar-refractivity contribution in [2.75, 3.05) is 5.32 Å². The minimum absolute atomic E-state index is 0.0851. The lowest BCUT2D eigenvalue weighted by Gasteiger charge is -2.59. The van der Waals surface area contributed by atoms with Crippen molar-refractivity contribution in [3.63, 3.8) is 0 Å². The number of carbonyl (C=O) groups excluding carboxylic acids is 1. The van der Waals surface area contributed by atoms with Gasteiger partial charge in [0, 0.05) is 11.7 Å². The van der Waals surface area contributed by atoms with Crippen LogP contribution < -0.4 is 15.4 Å². The lowest BCUT2D eigenvalue weighted by atomic mass is 9.48. The Labute approximate surface area is 199 Å². The molecule has 4 aliphatic carbocycles. The minimum atomic E-state index is -3.64. The van der Waals surface area contributed by atoms with Crippen LogP contribution in [0.4, 0.5) is 5.69 Å². The van der Waals surface area contributed by atoms with Crippen LogP contribution in [0.2, 0.25) is 0 Å². The summed E-state index contributed by atoms with van der Waals surface area (Å²) < 4.78 is 34.3. The van der Waals surface area contributed by atoms with Gasteiger partial charge >= 0.3 is 0 Å². The van der Waals surface area contributed by atoms with E-state index in [9.17, 15) is 13.2 Å². The molecule has 4 bridgehead atoms. The largest absolute Gasteiger partial charge is 0.459 e. The van der Waals surface area contributed by atoms with Gasteiger partial charge in [-0.1, -0.05) is 0 Å². The number of anilines is 1. The van der Waals surface area contributed by atoms with E-state index in [0.29, 0.717) is 5.69 Å².